The van der Waals surface area contributed by atoms with Gasteiger partial charge in [-0.05, 0) is 13.3 Å². The molecule has 0 N–H and O–H groups in total. The Morgan fingerprint density at radius 1 is 1.38 bits per heavy atom. The van der Waals surface area contributed by atoms with Crippen molar-refractivity contribution >= 4 is 22.7 Å². The molecule has 0 saturated carbocycles. The van der Waals surface area contributed by atoms with Gasteiger partial charge in [-0.2, -0.15) is 4.98 Å². The lowest BCUT2D eigenvalue weighted by Gasteiger charge is -1.94. The fraction of sp³-hybridized carbons (Fsp3) is 0.375. The van der Waals surface area contributed by atoms with Gasteiger partial charge in [0.15, 0.2) is 0 Å². The van der Waals surface area contributed by atoms with Gasteiger partial charge in [0.25, 0.3) is 5.71 Å². The highest BCUT2D eigenvalue weighted by Crippen LogP contribution is 2.23. The van der Waals surface area contributed by atoms with Gasteiger partial charge < -0.3 is 4.52 Å². The molecule has 0 radical (unpaired) electrons. The third-order valence-electron chi connectivity index (χ3n) is 1.81. The first-order valence-corrected chi connectivity index (χ1v) is 4.38. The Morgan fingerprint density at radius 3 is 2.85 bits per heavy atom. The maximum absolute atomic E-state index is 5.94. The largest absolute Gasteiger partial charge is 0.335 e. The number of hydrogen-bond donors (Lipinski definition) is 0. The Labute approximate surface area is 79.9 Å². The van der Waals surface area contributed by atoms with E-state index in [1.807, 2.05) is 6.92 Å². The van der Waals surface area contributed by atoms with Gasteiger partial charge in [0.05, 0.1) is 5.69 Å². The quantitative estimate of drug-likeness (QED) is 0.658. The maximum Gasteiger partial charge on any atom is 0.262 e. The van der Waals surface area contributed by atoms with Gasteiger partial charge in [-0.15, -0.1) is 0 Å². The number of hydrogen-bond acceptors (Lipinski definition) is 4. The van der Waals surface area contributed by atoms with Crippen molar-refractivity contribution in [1.82, 2.24) is 15.1 Å². The van der Waals surface area contributed by atoms with Gasteiger partial charge in [0.1, 0.15) is 16.4 Å². The molecule has 0 fully saturated rings. The van der Waals surface area contributed by atoms with Crippen molar-refractivity contribution in [1.29, 1.82) is 0 Å². The summed E-state index contributed by atoms with van der Waals surface area (Å²) < 4.78 is 5.02. The second-order valence-corrected chi connectivity index (χ2v) is 3.08. The van der Waals surface area contributed by atoms with E-state index in [-0.39, 0.29) is 0 Å². The minimum atomic E-state index is 0.417. The second kappa shape index (κ2) is 2.96. The Bertz CT molecular complexity index is 452. The molecular formula is C8H8ClN3O. The van der Waals surface area contributed by atoms with Crippen molar-refractivity contribution in [2.45, 2.75) is 20.3 Å². The van der Waals surface area contributed by atoms with Crippen LogP contribution in [-0.4, -0.2) is 15.1 Å². The van der Waals surface area contributed by atoms with Gasteiger partial charge in [-0.3, -0.25) is 0 Å². The number of fused-ring (bicyclic) bond motifs is 1. The Morgan fingerprint density at radius 2 is 2.15 bits per heavy atom. The van der Waals surface area contributed by atoms with E-state index in [1.54, 1.807) is 6.92 Å². The van der Waals surface area contributed by atoms with Crippen molar-refractivity contribution in [2.75, 3.05) is 0 Å². The summed E-state index contributed by atoms with van der Waals surface area (Å²) in [5, 5.41) is 5.00. The van der Waals surface area contributed by atoms with Gasteiger partial charge in [0, 0.05) is 0 Å². The summed E-state index contributed by atoms with van der Waals surface area (Å²) in [5.74, 6) is 0.594. The van der Waals surface area contributed by atoms with Crippen LogP contribution >= 0.6 is 11.6 Å². The fourth-order valence-corrected chi connectivity index (χ4v) is 1.52. The van der Waals surface area contributed by atoms with Crippen LogP contribution in [0.3, 0.4) is 0 Å². The summed E-state index contributed by atoms with van der Waals surface area (Å²) in [6.07, 6.45) is 0.763. The first-order valence-electron chi connectivity index (χ1n) is 4.00. The minimum Gasteiger partial charge on any atom is -0.335 e. The Balaban J connectivity index is 2.82. The van der Waals surface area contributed by atoms with Crippen molar-refractivity contribution in [3.63, 3.8) is 0 Å². The zero-order chi connectivity index (χ0) is 9.42. The Kier molecular flexibility index (Phi) is 1.92. The third-order valence-corrected chi connectivity index (χ3v) is 2.08. The molecule has 68 valence electrons. The van der Waals surface area contributed by atoms with Crippen LogP contribution in [0.25, 0.3) is 11.1 Å². The van der Waals surface area contributed by atoms with Crippen LogP contribution in [-0.2, 0) is 6.42 Å². The number of aromatic nitrogens is 3. The molecule has 2 rings (SSSR count). The molecule has 0 atom stereocenters. The van der Waals surface area contributed by atoms with Crippen molar-refractivity contribution in [3.05, 3.63) is 16.7 Å². The molecule has 0 aliphatic carbocycles. The van der Waals surface area contributed by atoms with Crippen molar-refractivity contribution in [2.24, 2.45) is 0 Å². The van der Waals surface area contributed by atoms with Gasteiger partial charge in [-0.25, -0.2) is 4.98 Å². The number of aryl methyl sites for hydroxylation is 2. The molecule has 4 nitrogen and oxygen atoms in total. The molecule has 0 aliphatic rings. The van der Waals surface area contributed by atoms with E-state index in [2.05, 4.69) is 15.1 Å². The normalized spacial score (nSPS) is 11.0. The molecule has 0 amide bonds. The van der Waals surface area contributed by atoms with Gasteiger partial charge in [0.2, 0.25) is 0 Å². The lowest BCUT2D eigenvalue weighted by molar-refractivity contribution is 0.439. The molecule has 13 heavy (non-hydrogen) atoms. The summed E-state index contributed by atoms with van der Waals surface area (Å²) in [4.78, 5) is 8.12. The highest BCUT2D eigenvalue weighted by molar-refractivity contribution is 6.34. The summed E-state index contributed by atoms with van der Waals surface area (Å²) in [7, 11) is 0. The summed E-state index contributed by atoms with van der Waals surface area (Å²) in [6, 6.07) is 0. The predicted octanol–water partition coefficient (Wildman–Crippen LogP) is 2.14. The zero-order valence-electron chi connectivity index (χ0n) is 7.33. The Hall–Kier alpha value is -1.16. The van der Waals surface area contributed by atoms with E-state index < -0.39 is 0 Å². The predicted molar refractivity (Wildman–Crippen MR) is 48.7 cm³/mol. The average Bonchev–Trinajstić information content (AvgIpc) is 2.47. The van der Waals surface area contributed by atoms with Gasteiger partial charge in [-0.1, -0.05) is 23.7 Å². The van der Waals surface area contributed by atoms with E-state index in [4.69, 9.17) is 16.1 Å². The van der Waals surface area contributed by atoms with E-state index in [0.717, 1.165) is 17.5 Å². The van der Waals surface area contributed by atoms with Crippen LogP contribution in [0.1, 0.15) is 18.4 Å². The maximum atomic E-state index is 5.94. The number of nitrogens with zero attached hydrogens (tertiary/aromatic N) is 3. The standard InChI is InChI=1S/C8H8ClN3O/c1-3-5-6-7(9)10-4(2)11-8(6)13-12-5/h3H2,1-2H3. The molecule has 0 aliphatic heterocycles. The number of halogens is 1. The monoisotopic (exact) mass is 197 g/mol. The van der Waals surface area contributed by atoms with E-state index in [1.165, 1.54) is 0 Å². The van der Waals surface area contributed by atoms with Crippen LogP contribution in [0.15, 0.2) is 4.52 Å². The topological polar surface area (TPSA) is 51.8 Å². The fourth-order valence-electron chi connectivity index (χ4n) is 1.21. The highest BCUT2D eigenvalue weighted by Gasteiger charge is 2.13. The van der Waals surface area contributed by atoms with E-state index in [9.17, 15) is 0 Å². The summed E-state index contributed by atoms with van der Waals surface area (Å²) in [5.41, 5.74) is 1.27. The van der Waals surface area contributed by atoms with Crippen LogP contribution in [0.2, 0.25) is 5.15 Å². The number of rotatable bonds is 1. The second-order valence-electron chi connectivity index (χ2n) is 2.72. The molecule has 0 spiro atoms. The minimum absolute atomic E-state index is 0.417. The van der Waals surface area contributed by atoms with Crippen molar-refractivity contribution in [3.8, 4) is 0 Å². The summed E-state index contributed by atoms with van der Waals surface area (Å²) in [6.45, 7) is 3.74. The highest BCUT2D eigenvalue weighted by atomic mass is 35.5. The first kappa shape index (κ1) is 8.44. The zero-order valence-corrected chi connectivity index (χ0v) is 8.09. The molecule has 0 unspecified atom stereocenters. The first-order chi connectivity index (χ1) is 6.22. The smallest absolute Gasteiger partial charge is 0.262 e. The molecule has 2 aromatic rings. The summed E-state index contributed by atoms with van der Waals surface area (Å²) >= 11 is 5.94. The van der Waals surface area contributed by atoms with Crippen LogP contribution in [0, 0.1) is 6.92 Å². The van der Waals surface area contributed by atoms with E-state index in [0.29, 0.717) is 16.7 Å². The molecule has 0 aromatic carbocycles. The van der Waals surface area contributed by atoms with Crippen molar-refractivity contribution < 1.29 is 4.52 Å². The molecular weight excluding hydrogens is 190 g/mol. The van der Waals surface area contributed by atoms with Crippen LogP contribution in [0.4, 0.5) is 0 Å². The molecule has 2 aromatic heterocycles. The third kappa shape index (κ3) is 1.27. The lowest BCUT2D eigenvalue weighted by Crippen LogP contribution is -1.89. The average molecular weight is 198 g/mol. The molecule has 5 heteroatoms. The lowest BCUT2D eigenvalue weighted by atomic mass is 10.2. The van der Waals surface area contributed by atoms with Crippen LogP contribution < -0.4 is 0 Å². The molecule has 0 saturated heterocycles. The molecule has 2 heterocycles. The van der Waals surface area contributed by atoms with Crippen LogP contribution in [0.5, 0.6) is 0 Å². The SMILES string of the molecule is CCc1noc2nc(C)nc(Cl)c12. The van der Waals surface area contributed by atoms with E-state index >= 15 is 0 Å². The molecule has 0 bridgehead atoms. The van der Waals surface area contributed by atoms with Gasteiger partial charge >= 0.3 is 0 Å².